The molecule has 0 saturated carbocycles. The Morgan fingerprint density at radius 2 is 1.62 bits per heavy atom. The smallest absolute Gasteiger partial charge is 0.339 e. The Morgan fingerprint density at radius 3 is 2.12 bits per heavy atom. The molecule has 0 aliphatic rings. The maximum absolute atomic E-state index is 12.3. The maximum atomic E-state index is 12.3. The lowest BCUT2D eigenvalue weighted by molar-refractivity contribution is 0.0470. The zero-order chi connectivity index (χ0) is 19.1. The molecule has 0 amide bonds. The van der Waals surface area contributed by atoms with Crippen molar-refractivity contribution in [2.24, 2.45) is 0 Å². The zero-order valence-corrected chi connectivity index (χ0v) is 14.6. The minimum atomic E-state index is -0.718. The second kappa shape index (κ2) is 8.66. The molecule has 0 aliphatic heterocycles. The van der Waals surface area contributed by atoms with Crippen LogP contribution in [0.4, 0.5) is 0 Å². The predicted octanol–water partition coefficient (Wildman–Crippen LogP) is 2.69. The van der Waals surface area contributed by atoms with Crippen molar-refractivity contribution in [3.05, 3.63) is 52.6 Å². The van der Waals surface area contributed by atoms with Crippen LogP contribution in [-0.4, -0.2) is 39.9 Å². The van der Waals surface area contributed by atoms with E-state index in [4.69, 9.17) is 18.9 Å². The molecule has 2 rings (SSSR count). The minimum Gasteiger partial charge on any atom is -0.493 e. The van der Waals surface area contributed by atoms with Crippen LogP contribution >= 0.6 is 0 Å². The molecule has 2 aromatic rings. The fraction of sp³-hybridized carbons (Fsp3) is 0.211. The van der Waals surface area contributed by atoms with Gasteiger partial charge in [0, 0.05) is 11.1 Å². The molecule has 0 N–H and O–H groups in total. The van der Waals surface area contributed by atoms with E-state index in [2.05, 4.69) is 0 Å². The predicted molar refractivity (Wildman–Crippen MR) is 92.4 cm³/mol. The van der Waals surface area contributed by atoms with Crippen LogP contribution in [0.15, 0.2) is 30.3 Å². The van der Waals surface area contributed by atoms with Crippen molar-refractivity contribution in [3.63, 3.8) is 0 Å². The molecule has 2 aromatic carbocycles. The molecule has 0 saturated heterocycles. The van der Waals surface area contributed by atoms with Gasteiger partial charge in [-0.2, -0.15) is 0 Å². The summed E-state index contributed by atoms with van der Waals surface area (Å²) in [5.74, 6) is 0.556. The third-order valence-corrected chi connectivity index (χ3v) is 3.70. The summed E-state index contributed by atoms with van der Waals surface area (Å²) < 4.78 is 21.0. The number of carbonyl (C=O) groups is 3. The number of aldehydes is 2. The van der Waals surface area contributed by atoms with Crippen LogP contribution in [0.5, 0.6) is 17.2 Å². The Hall–Kier alpha value is -3.35. The number of methoxy groups -OCH3 is 3. The van der Waals surface area contributed by atoms with E-state index in [1.165, 1.54) is 39.5 Å². The standard InChI is InChI=1S/C19H18O7/c1-23-16-7-12(8-17(24-2)18(16)25-3)11-26-19(22)14-6-4-5-13(9-20)15(14)10-21/h4-10H,11H2,1-3H3. The highest BCUT2D eigenvalue weighted by atomic mass is 16.5. The summed E-state index contributed by atoms with van der Waals surface area (Å²) in [4.78, 5) is 34.5. The Balaban J connectivity index is 2.25. The van der Waals surface area contributed by atoms with Crippen LogP contribution in [0.1, 0.15) is 36.6 Å². The Bertz CT molecular complexity index is 802. The van der Waals surface area contributed by atoms with E-state index in [9.17, 15) is 14.4 Å². The van der Waals surface area contributed by atoms with Crippen LogP contribution in [0.2, 0.25) is 0 Å². The molecule has 0 fully saturated rings. The molecule has 0 radical (unpaired) electrons. The fourth-order valence-electron chi connectivity index (χ4n) is 2.44. The largest absolute Gasteiger partial charge is 0.493 e. The van der Waals surface area contributed by atoms with Crippen molar-refractivity contribution in [3.8, 4) is 17.2 Å². The number of hydrogen-bond acceptors (Lipinski definition) is 7. The maximum Gasteiger partial charge on any atom is 0.339 e. The van der Waals surface area contributed by atoms with Gasteiger partial charge in [0.15, 0.2) is 24.1 Å². The second-order valence-corrected chi connectivity index (χ2v) is 5.15. The van der Waals surface area contributed by atoms with Gasteiger partial charge in [-0.3, -0.25) is 9.59 Å². The average Bonchev–Trinajstić information content (AvgIpc) is 2.69. The van der Waals surface area contributed by atoms with Gasteiger partial charge >= 0.3 is 5.97 Å². The van der Waals surface area contributed by atoms with Gasteiger partial charge in [0.1, 0.15) is 6.61 Å². The van der Waals surface area contributed by atoms with Gasteiger partial charge in [-0.15, -0.1) is 0 Å². The highest BCUT2D eigenvalue weighted by Gasteiger charge is 2.17. The molecule has 7 nitrogen and oxygen atoms in total. The van der Waals surface area contributed by atoms with E-state index in [1.54, 1.807) is 12.1 Å². The zero-order valence-electron chi connectivity index (χ0n) is 14.6. The van der Waals surface area contributed by atoms with Crippen molar-refractivity contribution >= 4 is 18.5 Å². The minimum absolute atomic E-state index is 0.00241. The first kappa shape index (κ1) is 19.0. The topological polar surface area (TPSA) is 88.1 Å². The summed E-state index contributed by atoms with van der Waals surface area (Å²) in [7, 11) is 4.45. The van der Waals surface area contributed by atoms with Gasteiger partial charge in [0.05, 0.1) is 26.9 Å². The molecule has 0 bridgehead atoms. The normalized spacial score (nSPS) is 9.96. The summed E-state index contributed by atoms with van der Waals surface area (Å²) >= 11 is 0. The van der Waals surface area contributed by atoms with Crippen LogP contribution in [0.3, 0.4) is 0 Å². The van der Waals surface area contributed by atoms with Gasteiger partial charge in [-0.1, -0.05) is 12.1 Å². The summed E-state index contributed by atoms with van der Waals surface area (Å²) in [5, 5.41) is 0. The summed E-state index contributed by atoms with van der Waals surface area (Å²) in [6.45, 7) is -0.0842. The quantitative estimate of drug-likeness (QED) is 0.529. The first-order valence-electron chi connectivity index (χ1n) is 7.59. The van der Waals surface area contributed by atoms with E-state index < -0.39 is 5.97 Å². The van der Waals surface area contributed by atoms with E-state index >= 15 is 0 Å². The van der Waals surface area contributed by atoms with Gasteiger partial charge in [0.2, 0.25) is 5.75 Å². The summed E-state index contributed by atoms with van der Waals surface area (Å²) in [6.07, 6.45) is 0.972. The van der Waals surface area contributed by atoms with Crippen molar-refractivity contribution in [1.29, 1.82) is 0 Å². The monoisotopic (exact) mass is 358 g/mol. The van der Waals surface area contributed by atoms with Crippen LogP contribution in [0, 0.1) is 0 Å². The molecule has 0 spiro atoms. The van der Waals surface area contributed by atoms with Gasteiger partial charge < -0.3 is 18.9 Å². The first-order valence-corrected chi connectivity index (χ1v) is 7.59. The van der Waals surface area contributed by atoms with Crippen LogP contribution < -0.4 is 14.2 Å². The third-order valence-electron chi connectivity index (χ3n) is 3.70. The van der Waals surface area contributed by atoms with Gasteiger partial charge in [-0.25, -0.2) is 4.79 Å². The third kappa shape index (κ3) is 3.83. The van der Waals surface area contributed by atoms with Crippen molar-refractivity contribution in [2.45, 2.75) is 6.61 Å². The molecule has 0 unspecified atom stereocenters. The van der Waals surface area contributed by atoms with Crippen molar-refractivity contribution in [2.75, 3.05) is 21.3 Å². The molecule has 0 heterocycles. The Labute approximate surface area is 150 Å². The average molecular weight is 358 g/mol. The van der Waals surface area contributed by atoms with E-state index in [0.29, 0.717) is 35.4 Å². The number of rotatable bonds is 8. The number of carbonyl (C=O) groups excluding carboxylic acids is 3. The first-order chi connectivity index (χ1) is 12.6. The van der Waals surface area contributed by atoms with E-state index in [1.807, 2.05) is 0 Å². The molecule has 136 valence electrons. The molecule has 0 atom stereocenters. The molecule has 0 aliphatic carbocycles. The lowest BCUT2D eigenvalue weighted by Gasteiger charge is -2.14. The Morgan fingerprint density at radius 1 is 0.962 bits per heavy atom. The number of esters is 1. The number of benzene rings is 2. The lowest BCUT2D eigenvalue weighted by Crippen LogP contribution is -2.10. The van der Waals surface area contributed by atoms with E-state index in [0.717, 1.165) is 0 Å². The van der Waals surface area contributed by atoms with Crippen molar-refractivity contribution < 1.29 is 33.3 Å². The van der Waals surface area contributed by atoms with Crippen LogP contribution in [0.25, 0.3) is 0 Å². The second-order valence-electron chi connectivity index (χ2n) is 5.15. The van der Waals surface area contributed by atoms with Crippen molar-refractivity contribution in [1.82, 2.24) is 0 Å². The molecule has 0 aromatic heterocycles. The number of ether oxygens (including phenoxy) is 4. The summed E-state index contributed by atoms with van der Waals surface area (Å²) in [5.41, 5.74) is 0.753. The number of hydrogen-bond donors (Lipinski definition) is 0. The van der Waals surface area contributed by atoms with Crippen LogP contribution in [-0.2, 0) is 11.3 Å². The molecule has 7 heteroatoms. The SMILES string of the molecule is COc1cc(COC(=O)c2cccc(C=O)c2C=O)cc(OC)c1OC. The fourth-order valence-corrected chi connectivity index (χ4v) is 2.44. The summed E-state index contributed by atoms with van der Waals surface area (Å²) in [6, 6.07) is 7.68. The lowest BCUT2D eigenvalue weighted by atomic mass is 10.0. The molecular weight excluding hydrogens is 340 g/mol. The Kier molecular flexibility index (Phi) is 6.32. The molecule has 26 heavy (non-hydrogen) atoms. The highest BCUT2D eigenvalue weighted by molar-refractivity contribution is 6.03. The van der Waals surface area contributed by atoms with Gasteiger partial charge in [-0.05, 0) is 23.8 Å². The molecular formula is C19H18O7. The van der Waals surface area contributed by atoms with Gasteiger partial charge in [0.25, 0.3) is 0 Å². The van der Waals surface area contributed by atoms with E-state index in [-0.39, 0.29) is 23.3 Å². The highest BCUT2D eigenvalue weighted by Crippen LogP contribution is 2.38.